The second kappa shape index (κ2) is 11.0. The van der Waals surface area contributed by atoms with Crippen molar-refractivity contribution < 1.29 is 33.0 Å². The molecule has 5 rings (SSSR count). The van der Waals surface area contributed by atoms with Gasteiger partial charge in [0.05, 0.1) is 45.8 Å². The second-order valence-electron chi connectivity index (χ2n) is 8.96. The number of nitrogens with zero attached hydrogens (tertiary/aromatic N) is 4. The molecule has 1 saturated heterocycles. The standard InChI is InChI=1S/C26H27N5O7/c1-35-25(33)22-23(26(34)36-2)31(29-28-22)19-12-21(30(13-19)9-3-5-20-6-4-10-38-20)24(32)27-18-8-7-16-14-37-15-17(16)11-18/h3-8,10-11,19,21H,9,12-15H2,1-2H3,(H,27,32)/t19-,21-/m0/s1. The van der Waals surface area contributed by atoms with Gasteiger partial charge in [-0.25, -0.2) is 14.3 Å². The average molecular weight is 522 g/mol. The molecule has 2 aliphatic rings. The molecule has 4 heterocycles. The van der Waals surface area contributed by atoms with Crippen molar-refractivity contribution >= 4 is 29.6 Å². The number of amides is 1. The second-order valence-corrected chi connectivity index (χ2v) is 8.96. The zero-order valence-electron chi connectivity index (χ0n) is 21.0. The number of carbonyl (C=O) groups is 3. The van der Waals surface area contributed by atoms with Crippen molar-refractivity contribution in [1.29, 1.82) is 0 Å². The predicted octanol–water partition coefficient (Wildman–Crippen LogP) is 2.44. The molecule has 2 atom stereocenters. The van der Waals surface area contributed by atoms with Crippen molar-refractivity contribution in [3.05, 3.63) is 70.9 Å². The number of methoxy groups -OCH3 is 2. The Morgan fingerprint density at radius 1 is 1.13 bits per heavy atom. The molecule has 38 heavy (non-hydrogen) atoms. The van der Waals surface area contributed by atoms with Crippen LogP contribution in [0.1, 0.15) is 50.3 Å². The minimum absolute atomic E-state index is 0.116. The van der Waals surface area contributed by atoms with Gasteiger partial charge in [-0.05, 0) is 47.9 Å². The molecule has 1 amide bonds. The van der Waals surface area contributed by atoms with Crippen molar-refractivity contribution in [1.82, 2.24) is 19.9 Å². The Kier molecular flexibility index (Phi) is 7.33. The van der Waals surface area contributed by atoms with Gasteiger partial charge in [0.1, 0.15) is 5.76 Å². The number of nitrogens with one attached hydrogen (secondary N) is 1. The highest BCUT2D eigenvalue weighted by Crippen LogP contribution is 2.31. The van der Waals surface area contributed by atoms with Gasteiger partial charge in [-0.15, -0.1) is 5.10 Å². The summed E-state index contributed by atoms with van der Waals surface area (Å²) < 4.78 is 21.8. The van der Waals surface area contributed by atoms with E-state index in [0.717, 1.165) is 11.1 Å². The molecule has 0 aliphatic carbocycles. The Hall–Kier alpha value is -4.29. The maximum atomic E-state index is 13.5. The number of hydrogen-bond acceptors (Lipinski definition) is 10. The van der Waals surface area contributed by atoms with Crippen LogP contribution in [0.3, 0.4) is 0 Å². The van der Waals surface area contributed by atoms with Crippen molar-refractivity contribution in [3.63, 3.8) is 0 Å². The molecular formula is C26H27N5O7. The van der Waals surface area contributed by atoms with Crippen LogP contribution >= 0.6 is 0 Å². The van der Waals surface area contributed by atoms with E-state index in [1.807, 2.05) is 41.3 Å². The largest absolute Gasteiger partial charge is 0.465 e. The third kappa shape index (κ3) is 5.08. The fourth-order valence-electron chi connectivity index (χ4n) is 4.77. The van der Waals surface area contributed by atoms with Gasteiger partial charge in [-0.1, -0.05) is 17.4 Å². The number of likely N-dealkylation sites (tertiary alicyclic amines) is 1. The van der Waals surface area contributed by atoms with E-state index in [1.165, 1.54) is 18.9 Å². The molecule has 3 aromatic rings. The summed E-state index contributed by atoms with van der Waals surface area (Å²) in [5, 5.41) is 11.0. The van der Waals surface area contributed by atoms with Gasteiger partial charge in [0.15, 0.2) is 5.69 Å². The zero-order valence-corrected chi connectivity index (χ0v) is 21.0. The molecular weight excluding hydrogens is 494 g/mol. The first kappa shape index (κ1) is 25.4. The van der Waals surface area contributed by atoms with E-state index in [2.05, 4.69) is 15.6 Å². The quantitative estimate of drug-likeness (QED) is 0.440. The van der Waals surface area contributed by atoms with Crippen LogP contribution in [0, 0.1) is 0 Å². The highest BCUT2D eigenvalue weighted by atomic mass is 16.5. The number of benzene rings is 1. The average Bonchev–Trinajstić information content (AvgIpc) is 3.73. The Bertz CT molecular complexity index is 1360. The van der Waals surface area contributed by atoms with E-state index < -0.39 is 24.0 Å². The van der Waals surface area contributed by atoms with Crippen molar-refractivity contribution in [3.8, 4) is 0 Å². The zero-order chi connectivity index (χ0) is 26.6. The third-order valence-electron chi connectivity index (χ3n) is 6.64. The summed E-state index contributed by atoms with van der Waals surface area (Å²) in [6, 6.07) is 8.36. The molecule has 1 N–H and O–H groups in total. The monoisotopic (exact) mass is 521 g/mol. The summed E-state index contributed by atoms with van der Waals surface area (Å²) >= 11 is 0. The highest BCUT2D eigenvalue weighted by Gasteiger charge is 2.40. The molecule has 0 unspecified atom stereocenters. The van der Waals surface area contributed by atoms with Crippen LogP contribution < -0.4 is 5.32 Å². The van der Waals surface area contributed by atoms with Gasteiger partial charge in [0.2, 0.25) is 11.6 Å². The van der Waals surface area contributed by atoms with Crippen LogP contribution in [0.4, 0.5) is 5.69 Å². The molecule has 2 aromatic heterocycles. The number of anilines is 1. The van der Waals surface area contributed by atoms with Crippen molar-refractivity contribution in [2.45, 2.75) is 31.7 Å². The third-order valence-corrected chi connectivity index (χ3v) is 6.64. The lowest BCUT2D eigenvalue weighted by Gasteiger charge is -2.22. The summed E-state index contributed by atoms with van der Waals surface area (Å²) in [6.45, 7) is 1.88. The molecule has 0 radical (unpaired) electrons. The number of hydrogen-bond donors (Lipinski definition) is 1. The number of carbonyl (C=O) groups excluding carboxylic acids is 3. The predicted molar refractivity (Wildman–Crippen MR) is 133 cm³/mol. The van der Waals surface area contributed by atoms with Crippen LogP contribution in [-0.4, -0.2) is 71.1 Å². The van der Waals surface area contributed by atoms with Crippen LogP contribution in [0.5, 0.6) is 0 Å². The minimum atomic E-state index is -0.803. The van der Waals surface area contributed by atoms with E-state index in [1.54, 1.807) is 12.3 Å². The Balaban J connectivity index is 1.40. The van der Waals surface area contributed by atoms with Gasteiger partial charge >= 0.3 is 11.9 Å². The molecule has 12 heteroatoms. The summed E-state index contributed by atoms with van der Waals surface area (Å²) in [4.78, 5) is 40.2. The van der Waals surface area contributed by atoms with Gasteiger partial charge in [0, 0.05) is 18.8 Å². The number of furan rings is 1. The van der Waals surface area contributed by atoms with Crippen LogP contribution in [0.25, 0.3) is 6.08 Å². The van der Waals surface area contributed by atoms with Crippen molar-refractivity contribution in [2.24, 2.45) is 0 Å². The van der Waals surface area contributed by atoms with Gasteiger partial charge < -0.3 is 23.9 Å². The molecule has 0 saturated carbocycles. The van der Waals surface area contributed by atoms with E-state index in [0.29, 0.717) is 44.2 Å². The maximum Gasteiger partial charge on any atom is 0.361 e. The maximum absolute atomic E-state index is 13.5. The van der Waals surface area contributed by atoms with Gasteiger partial charge in [0.25, 0.3) is 0 Å². The normalized spacial score (nSPS) is 19.0. The highest BCUT2D eigenvalue weighted by molar-refractivity contribution is 6.00. The number of aromatic nitrogens is 3. The molecule has 1 fully saturated rings. The molecule has 198 valence electrons. The summed E-state index contributed by atoms with van der Waals surface area (Å²) in [7, 11) is 2.40. The summed E-state index contributed by atoms with van der Waals surface area (Å²) in [5.41, 5.74) is 2.48. The van der Waals surface area contributed by atoms with E-state index in [9.17, 15) is 14.4 Å². The van der Waals surface area contributed by atoms with E-state index in [4.69, 9.17) is 18.6 Å². The lowest BCUT2D eigenvalue weighted by Crippen LogP contribution is -2.39. The first-order chi connectivity index (χ1) is 18.5. The fourth-order valence-corrected chi connectivity index (χ4v) is 4.77. The number of esters is 2. The van der Waals surface area contributed by atoms with Crippen LogP contribution in [-0.2, 0) is 32.2 Å². The fraction of sp³-hybridized carbons (Fsp3) is 0.346. The number of ether oxygens (including phenoxy) is 3. The van der Waals surface area contributed by atoms with E-state index in [-0.39, 0.29) is 17.3 Å². The Morgan fingerprint density at radius 2 is 1.95 bits per heavy atom. The molecule has 1 aromatic carbocycles. The van der Waals surface area contributed by atoms with Gasteiger partial charge in [-0.2, -0.15) is 0 Å². The number of fused-ring (bicyclic) bond motifs is 1. The molecule has 2 aliphatic heterocycles. The van der Waals surface area contributed by atoms with Crippen LogP contribution in [0.2, 0.25) is 0 Å². The lowest BCUT2D eigenvalue weighted by molar-refractivity contribution is -0.120. The Labute approximate surface area is 218 Å². The first-order valence-corrected chi connectivity index (χ1v) is 12.0. The van der Waals surface area contributed by atoms with E-state index >= 15 is 0 Å². The Morgan fingerprint density at radius 3 is 2.71 bits per heavy atom. The minimum Gasteiger partial charge on any atom is -0.465 e. The molecule has 0 spiro atoms. The lowest BCUT2D eigenvalue weighted by atomic mass is 10.1. The number of rotatable bonds is 8. The van der Waals surface area contributed by atoms with Gasteiger partial charge in [-0.3, -0.25) is 9.69 Å². The van der Waals surface area contributed by atoms with Crippen molar-refractivity contribution in [2.75, 3.05) is 32.6 Å². The topological polar surface area (TPSA) is 138 Å². The molecule has 12 nitrogen and oxygen atoms in total. The summed E-state index contributed by atoms with van der Waals surface area (Å²) in [6.07, 6.45) is 5.63. The SMILES string of the molecule is COC(=O)c1nnn([C@H]2C[C@@H](C(=O)Nc3ccc4c(c3)COC4)N(CC=Cc3ccco3)C2)c1C(=O)OC. The smallest absolute Gasteiger partial charge is 0.361 e. The summed E-state index contributed by atoms with van der Waals surface area (Å²) in [5.74, 6) is -1.09. The molecule has 0 bridgehead atoms. The van der Waals surface area contributed by atoms with Crippen LogP contribution in [0.15, 0.2) is 47.1 Å². The first-order valence-electron chi connectivity index (χ1n) is 12.0.